The van der Waals surface area contributed by atoms with Crippen LogP contribution < -0.4 is 20.5 Å². The molecule has 140 valence electrons. The molecule has 0 spiro atoms. The Kier molecular flexibility index (Phi) is 5.45. The fourth-order valence-corrected chi connectivity index (χ4v) is 2.94. The van der Waals surface area contributed by atoms with E-state index >= 15 is 0 Å². The second kappa shape index (κ2) is 7.95. The van der Waals surface area contributed by atoms with Crippen LogP contribution in [-0.2, 0) is 0 Å². The minimum absolute atomic E-state index is 0.162. The van der Waals surface area contributed by atoms with Crippen LogP contribution in [0.25, 0.3) is 11.0 Å². The predicted molar refractivity (Wildman–Crippen MR) is 107 cm³/mol. The van der Waals surface area contributed by atoms with Gasteiger partial charge in [0.1, 0.15) is 16.9 Å². The Morgan fingerprint density at radius 1 is 1.11 bits per heavy atom. The second-order valence-electron chi connectivity index (χ2n) is 6.07. The molecule has 0 unspecified atom stereocenters. The molecule has 3 rings (SSSR count). The van der Waals surface area contributed by atoms with Crippen molar-refractivity contribution in [1.82, 2.24) is 0 Å². The quantitative estimate of drug-likeness (QED) is 0.691. The summed E-state index contributed by atoms with van der Waals surface area (Å²) in [4.78, 5) is 14.8. The Labute approximate surface area is 157 Å². The summed E-state index contributed by atoms with van der Waals surface area (Å²) in [6.45, 7) is 5.96. The molecule has 0 saturated heterocycles. The van der Waals surface area contributed by atoms with Gasteiger partial charge in [-0.3, -0.25) is 10.2 Å². The van der Waals surface area contributed by atoms with E-state index in [1.807, 2.05) is 18.2 Å². The van der Waals surface area contributed by atoms with Crippen LogP contribution in [-0.4, -0.2) is 26.1 Å². The molecule has 2 aromatic carbocycles. The van der Waals surface area contributed by atoms with Crippen molar-refractivity contribution in [2.75, 3.05) is 30.4 Å². The Morgan fingerprint density at radius 2 is 1.81 bits per heavy atom. The maximum absolute atomic E-state index is 12.6. The van der Waals surface area contributed by atoms with Crippen molar-refractivity contribution in [3.8, 4) is 5.75 Å². The van der Waals surface area contributed by atoms with Crippen LogP contribution in [0.5, 0.6) is 5.75 Å². The van der Waals surface area contributed by atoms with E-state index < -0.39 is 0 Å². The van der Waals surface area contributed by atoms with Crippen molar-refractivity contribution < 1.29 is 13.9 Å². The van der Waals surface area contributed by atoms with Gasteiger partial charge in [-0.05, 0) is 56.3 Å². The standard InChI is InChI=1S/C21H23N3O3/c1-4-24(5-2)16-9-6-14-12-18(20(22)27-19(14)13-16)21(25)23-15-7-10-17(26-3)11-8-15/h6-13,22H,4-5H2,1-3H3,(H,23,25). The van der Waals surface area contributed by atoms with E-state index in [0.29, 0.717) is 17.0 Å². The zero-order valence-corrected chi connectivity index (χ0v) is 15.7. The number of fused-ring (bicyclic) bond motifs is 1. The van der Waals surface area contributed by atoms with Crippen LogP contribution in [0.15, 0.2) is 52.9 Å². The highest BCUT2D eigenvalue weighted by atomic mass is 16.5. The molecule has 0 aliphatic carbocycles. The van der Waals surface area contributed by atoms with E-state index in [-0.39, 0.29) is 17.0 Å². The lowest BCUT2D eigenvalue weighted by molar-refractivity contribution is 0.102. The zero-order chi connectivity index (χ0) is 19.4. The first-order chi connectivity index (χ1) is 13.0. The number of anilines is 2. The van der Waals surface area contributed by atoms with Crippen LogP contribution >= 0.6 is 0 Å². The first kappa shape index (κ1) is 18.5. The summed E-state index contributed by atoms with van der Waals surface area (Å²) in [6.07, 6.45) is 0. The van der Waals surface area contributed by atoms with Crippen molar-refractivity contribution >= 4 is 28.3 Å². The molecule has 1 aromatic heterocycles. The van der Waals surface area contributed by atoms with E-state index in [9.17, 15) is 4.79 Å². The number of benzene rings is 2. The van der Waals surface area contributed by atoms with Crippen LogP contribution in [0.2, 0.25) is 0 Å². The summed E-state index contributed by atoms with van der Waals surface area (Å²) >= 11 is 0. The SMILES string of the molecule is CCN(CC)c1ccc2cc(C(=O)Nc3ccc(OC)cc3)c(=N)oc2c1. The Balaban J connectivity index is 1.90. The third kappa shape index (κ3) is 3.95. The average molecular weight is 365 g/mol. The molecule has 3 aromatic rings. The molecule has 1 amide bonds. The normalized spacial score (nSPS) is 10.6. The molecule has 0 aliphatic rings. The number of amides is 1. The van der Waals surface area contributed by atoms with Gasteiger partial charge in [-0.1, -0.05) is 0 Å². The van der Waals surface area contributed by atoms with Gasteiger partial charge < -0.3 is 19.4 Å². The van der Waals surface area contributed by atoms with Crippen molar-refractivity contribution in [2.45, 2.75) is 13.8 Å². The van der Waals surface area contributed by atoms with Crippen molar-refractivity contribution in [1.29, 1.82) is 5.41 Å². The highest BCUT2D eigenvalue weighted by Crippen LogP contribution is 2.22. The number of carbonyl (C=O) groups is 1. The number of nitrogens with zero attached hydrogens (tertiary/aromatic N) is 1. The topological polar surface area (TPSA) is 78.6 Å². The summed E-state index contributed by atoms with van der Waals surface area (Å²) in [7, 11) is 1.59. The lowest BCUT2D eigenvalue weighted by Crippen LogP contribution is -2.22. The molecule has 1 heterocycles. The molecular weight excluding hydrogens is 342 g/mol. The van der Waals surface area contributed by atoms with E-state index in [0.717, 1.165) is 24.2 Å². The van der Waals surface area contributed by atoms with Gasteiger partial charge in [-0.15, -0.1) is 0 Å². The lowest BCUT2D eigenvalue weighted by Gasteiger charge is -2.21. The first-order valence-electron chi connectivity index (χ1n) is 8.88. The van der Waals surface area contributed by atoms with Gasteiger partial charge in [-0.25, -0.2) is 0 Å². The number of carbonyl (C=O) groups excluding carboxylic acids is 1. The molecule has 0 radical (unpaired) electrons. The monoisotopic (exact) mass is 365 g/mol. The molecule has 0 saturated carbocycles. The molecule has 6 nitrogen and oxygen atoms in total. The maximum atomic E-state index is 12.6. The summed E-state index contributed by atoms with van der Waals surface area (Å²) in [5.41, 5.74) is 2.27. The van der Waals surface area contributed by atoms with Crippen LogP contribution in [0.1, 0.15) is 24.2 Å². The number of nitrogens with one attached hydrogen (secondary N) is 2. The Bertz CT molecular complexity index is 1010. The van der Waals surface area contributed by atoms with E-state index in [4.69, 9.17) is 14.6 Å². The number of hydrogen-bond acceptors (Lipinski definition) is 5. The summed E-state index contributed by atoms with van der Waals surface area (Å²) in [6, 6.07) is 14.5. The minimum Gasteiger partial charge on any atom is -0.497 e. The van der Waals surface area contributed by atoms with Gasteiger partial charge in [0.2, 0.25) is 5.55 Å². The smallest absolute Gasteiger partial charge is 0.261 e. The van der Waals surface area contributed by atoms with Gasteiger partial charge in [0.25, 0.3) is 5.91 Å². The van der Waals surface area contributed by atoms with Crippen molar-refractivity contribution in [3.63, 3.8) is 0 Å². The lowest BCUT2D eigenvalue weighted by atomic mass is 10.1. The van der Waals surface area contributed by atoms with Crippen molar-refractivity contribution in [3.05, 3.63) is 59.6 Å². The van der Waals surface area contributed by atoms with E-state index in [1.54, 1.807) is 37.4 Å². The van der Waals surface area contributed by atoms with Gasteiger partial charge >= 0.3 is 0 Å². The molecule has 6 heteroatoms. The number of methoxy groups -OCH3 is 1. The summed E-state index contributed by atoms with van der Waals surface area (Å²) < 4.78 is 10.7. The molecule has 27 heavy (non-hydrogen) atoms. The second-order valence-corrected chi connectivity index (χ2v) is 6.07. The molecular formula is C21H23N3O3. The Morgan fingerprint density at radius 3 is 2.44 bits per heavy atom. The first-order valence-corrected chi connectivity index (χ1v) is 8.88. The highest BCUT2D eigenvalue weighted by molar-refractivity contribution is 6.05. The van der Waals surface area contributed by atoms with E-state index in [2.05, 4.69) is 24.1 Å². The fourth-order valence-electron chi connectivity index (χ4n) is 2.94. The van der Waals surface area contributed by atoms with Gasteiger partial charge in [0.15, 0.2) is 0 Å². The third-order valence-electron chi connectivity index (χ3n) is 4.47. The van der Waals surface area contributed by atoms with Crippen LogP contribution in [0, 0.1) is 5.41 Å². The van der Waals surface area contributed by atoms with Crippen molar-refractivity contribution in [2.24, 2.45) is 0 Å². The highest BCUT2D eigenvalue weighted by Gasteiger charge is 2.13. The summed E-state index contributed by atoms with van der Waals surface area (Å²) in [5, 5.41) is 11.7. The molecule has 2 N–H and O–H groups in total. The third-order valence-corrected chi connectivity index (χ3v) is 4.47. The predicted octanol–water partition coefficient (Wildman–Crippen LogP) is 4.02. The average Bonchev–Trinajstić information content (AvgIpc) is 2.68. The van der Waals surface area contributed by atoms with Crippen LogP contribution in [0.3, 0.4) is 0 Å². The molecule has 0 fully saturated rings. The van der Waals surface area contributed by atoms with E-state index in [1.165, 1.54) is 0 Å². The largest absolute Gasteiger partial charge is 0.497 e. The van der Waals surface area contributed by atoms with Crippen LogP contribution in [0.4, 0.5) is 11.4 Å². The Hall–Kier alpha value is -3.28. The summed E-state index contributed by atoms with van der Waals surface area (Å²) in [5.74, 6) is 0.322. The van der Waals surface area contributed by atoms with Gasteiger partial charge in [-0.2, -0.15) is 0 Å². The number of rotatable bonds is 6. The van der Waals surface area contributed by atoms with Gasteiger partial charge in [0, 0.05) is 35.9 Å². The zero-order valence-electron chi connectivity index (χ0n) is 15.7. The minimum atomic E-state index is -0.386. The fraction of sp³-hybridized carbons (Fsp3) is 0.238. The molecule has 0 bridgehead atoms. The molecule has 0 atom stereocenters. The molecule has 0 aliphatic heterocycles. The number of ether oxygens (including phenoxy) is 1. The van der Waals surface area contributed by atoms with Gasteiger partial charge in [0.05, 0.1) is 7.11 Å². The number of hydrogen-bond donors (Lipinski definition) is 2. The maximum Gasteiger partial charge on any atom is 0.261 e.